The van der Waals surface area contributed by atoms with Crippen LogP contribution >= 0.6 is 11.3 Å². The number of aromatic nitrogens is 3. The fraction of sp³-hybridized carbons (Fsp3) is 0.222. The average Bonchev–Trinajstić information content (AvgIpc) is 3.27. The summed E-state index contributed by atoms with van der Waals surface area (Å²) in [6.45, 7) is 1.85. The van der Waals surface area contributed by atoms with Crippen LogP contribution in [-0.2, 0) is 0 Å². The van der Waals surface area contributed by atoms with Gasteiger partial charge in [-0.1, -0.05) is 30.3 Å². The Kier molecular flexibility index (Phi) is 3.82. The van der Waals surface area contributed by atoms with E-state index < -0.39 is 0 Å². The Morgan fingerprint density at radius 2 is 1.92 bits per heavy atom. The van der Waals surface area contributed by atoms with Crippen LogP contribution in [0.5, 0.6) is 0 Å². The molecule has 2 heterocycles. The minimum Gasteiger partial charge on any atom is -0.348 e. The summed E-state index contributed by atoms with van der Waals surface area (Å²) in [6.07, 6.45) is 4.34. The Morgan fingerprint density at radius 3 is 2.67 bits per heavy atom. The summed E-state index contributed by atoms with van der Waals surface area (Å²) in [7, 11) is 0. The van der Waals surface area contributed by atoms with Crippen LogP contribution in [-0.4, -0.2) is 26.9 Å². The van der Waals surface area contributed by atoms with E-state index in [9.17, 15) is 4.79 Å². The highest BCUT2D eigenvalue weighted by molar-refractivity contribution is 7.17. The van der Waals surface area contributed by atoms with E-state index in [1.54, 1.807) is 18.5 Å². The molecule has 1 amide bonds. The SMILES string of the molecule is Cc1nc(-c2ncccn2)sc1C(=O)N[C@H]1C[C@H]1c1ccccc1. The molecule has 0 saturated heterocycles. The molecule has 1 N–H and O–H groups in total. The van der Waals surface area contributed by atoms with Gasteiger partial charge >= 0.3 is 0 Å². The van der Waals surface area contributed by atoms with E-state index in [-0.39, 0.29) is 11.9 Å². The zero-order chi connectivity index (χ0) is 16.5. The molecule has 4 rings (SSSR count). The molecule has 0 unspecified atom stereocenters. The molecule has 0 spiro atoms. The van der Waals surface area contributed by atoms with Crippen molar-refractivity contribution in [3.63, 3.8) is 0 Å². The number of hydrogen-bond donors (Lipinski definition) is 1. The summed E-state index contributed by atoms with van der Waals surface area (Å²) in [5, 5.41) is 3.79. The maximum Gasteiger partial charge on any atom is 0.263 e. The van der Waals surface area contributed by atoms with Crippen molar-refractivity contribution < 1.29 is 4.79 Å². The number of hydrogen-bond acceptors (Lipinski definition) is 5. The van der Waals surface area contributed by atoms with E-state index in [0.29, 0.717) is 21.6 Å². The van der Waals surface area contributed by atoms with Crippen LogP contribution in [0, 0.1) is 6.92 Å². The second-order valence-electron chi connectivity index (χ2n) is 5.84. The molecular weight excluding hydrogens is 320 g/mol. The molecule has 1 aliphatic rings. The van der Waals surface area contributed by atoms with Crippen molar-refractivity contribution in [2.45, 2.75) is 25.3 Å². The minimum absolute atomic E-state index is 0.0596. The van der Waals surface area contributed by atoms with E-state index in [2.05, 4.69) is 32.4 Å². The number of amides is 1. The number of benzene rings is 1. The lowest BCUT2D eigenvalue weighted by Crippen LogP contribution is -2.26. The second-order valence-corrected chi connectivity index (χ2v) is 6.84. The van der Waals surface area contributed by atoms with Crippen molar-refractivity contribution in [1.82, 2.24) is 20.3 Å². The highest BCUT2D eigenvalue weighted by Gasteiger charge is 2.39. The smallest absolute Gasteiger partial charge is 0.263 e. The molecule has 120 valence electrons. The first-order valence-corrected chi connectivity index (χ1v) is 8.64. The van der Waals surface area contributed by atoms with Crippen LogP contribution in [0.25, 0.3) is 10.8 Å². The molecule has 2 aromatic heterocycles. The van der Waals surface area contributed by atoms with Gasteiger partial charge in [-0.3, -0.25) is 4.79 Å². The predicted octanol–water partition coefficient (Wildman–Crippen LogP) is 3.19. The van der Waals surface area contributed by atoms with Gasteiger partial charge in [-0.25, -0.2) is 15.0 Å². The molecule has 2 atom stereocenters. The molecule has 0 aliphatic heterocycles. The van der Waals surface area contributed by atoms with E-state index >= 15 is 0 Å². The monoisotopic (exact) mass is 336 g/mol. The van der Waals surface area contributed by atoms with Gasteiger partial charge in [0.25, 0.3) is 5.91 Å². The van der Waals surface area contributed by atoms with Gasteiger partial charge in [0.2, 0.25) is 0 Å². The van der Waals surface area contributed by atoms with Gasteiger partial charge in [0, 0.05) is 24.4 Å². The van der Waals surface area contributed by atoms with Crippen molar-refractivity contribution in [2.24, 2.45) is 0 Å². The molecule has 0 bridgehead atoms. The Balaban J connectivity index is 1.47. The van der Waals surface area contributed by atoms with Crippen LogP contribution in [0.3, 0.4) is 0 Å². The Labute approximate surface area is 143 Å². The maximum absolute atomic E-state index is 12.6. The zero-order valence-corrected chi connectivity index (χ0v) is 14.0. The van der Waals surface area contributed by atoms with E-state index in [1.807, 2.05) is 25.1 Å². The van der Waals surface area contributed by atoms with Gasteiger partial charge in [-0.05, 0) is 25.0 Å². The molecule has 0 radical (unpaired) electrons. The second kappa shape index (κ2) is 6.13. The summed E-state index contributed by atoms with van der Waals surface area (Å²) in [5.41, 5.74) is 2.00. The van der Waals surface area contributed by atoms with Gasteiger partial charge in [-0.15, -0.1) is 11.3 Å². The van der Waals surface area contributed by atoms with Gasteiger partial charge in [-0.2, -0.15) is 0 Å². The summed E-state index contributed by atoms with van der Waals surface area (Å²) < 4.78 is 0. The minimum atomic E-state index is -0.0596. The van der Waals surface area contributed by atoms with Gasteiger partial charge in [0.05, 0.1) is 5.69 Å². The molecule has 1 saturated carbocycles. The summed E-state index contributed by atoms with van der Waals surface area (Å²) in [5.74, 6) is 0.911. The van der Waals surface area contributed by atoms with Crippen LogP contribution in [0.1, 0.15) is 33.3 Å². The molecule has 3 aromatic rings. The number of nitrogens with one attached hydrogen (secondary N) is 1. The van der Waals surface area contributed by atoms with Crippen molar-refractivity contribution in [2.75, 3.05) is 0 Å². The van der Waals surface area contributed by atoms with Gasteiger partial charge < -0.3 is 5.32 Å². The molecule has 6 heteroatoms. The number of carbonyl (C=O) groups is 1. The summed E-state index contributed by atoms with van der Waals surface area (Å²) in [6, 6.07) is 12.3. The van der Waals surface area contributed by atoms with Crippen molar-refractivity contribution in [3.05, 3.63) is 64.9 Å². The highest BCUT2D eigenvalue weighted by Crippen LogP contribution is 2.41. The lowest BCUT2D eigenvalue weighted by atomic mass is 10.1. The number of nitrogens with zero attached hydrogens (tertiary/aromatic N) is 3. The summed E-state index contributed by atoms with van der Waals surface area (Å²) >= 11 is 1.34. The largest absolute Gasteiger partial charge is 0.348 e. The van der Waals surface area contributed by atoms with Crippen molar-refractivity contribution in [3.8, 4) is 10.8 Å². The Hall–Kier alpha value is -2.60. The topological polar surface area (TPSA) is 67.8 Å². The zero-order valence-electron chi connectivity index (χ0n) is 13.1. The third-order valence-electron chi connectivity index (χ3n) is 4.09. The lowest BCUT2D eigenvalue weighted by molar-refractivity contribution is 0.0953. The number of rotatable bonds is 4. The third kappa shape index (κ3) is 2.92. The normalized spacial score (nSPS) is 19.0. The first-order valence-electron chi connectivity index (χ1n) is 7.83. The number of carbonyl (C=O) groups excluding carboxylic acids is 1. The van der Waals surface area contributed by atoms with Crippen LogP contribution < -0.4 is 5.32 Å². The standard InChI is InChI=1S/C18H16N4OS/c1-11-15(24-18(21-11)16-19-8-5-9-20-16)17(23)22-14-10-13(14)12-6-3-2-4-7-12/h2-9,13-14H,10H2,1H3,(H,22,23)/t13-,14-/m0/s1. The molecule has 24 heavy (non-hydrogen) atoms. The lowest BCUT2D eigenvalue weighted by Gasteiger charge is -2.03. The van der Waals surface area contributed by atoms with Gasteiger partial charge in [0.15, 0.2) is 10.8 Å². The van der Waals surface area contributed by atoms with Crippen LogP contribution in [0.15, 0.2) is 48.8 Å². The van der Waals surface area contributed by atoms with Crippen LogP contribution in [0.2, 0.25) is 0 Å². The highest BCUT2D eigenvalue weighted by atomic mass is 32.1. The van der Waals surface area contributed by atoms with Crippen molar-refractivity contribution >= 4 is 17.2 Å². The molecule has 1 aromatic carbocycles. The number of thiazole rings is 1. The first-order chi connectivity index (χ1) is 11.7. The summed E-state index contributed by atoms with van der Waals surface area (Å²) in [4.78, 5) is 26.0. The third-order valence-corrected chi connectivity index (χ3v) is 5.25. The molecule has 1 aliphatic carbocycles. The number of aryl methyl sites for hydroxylation is 1. The predicted molar refractivity (Wildman–Crippen MR) is 92.9 cm³/mol. The molecular formula is C18H16N4OS. The maximum atomic E-state index is 12.6. The van der Waals surface area contributed by atoms with Crippen LogP contribution in [0.4, 0.5) is 0 Å². The first kappa shape index (κ1) is 15.0. The average molecular weight is 336 g/mol. The van der Waals surface area contributed by atoms with Gasteiger partial charge in [0.1, 0.15) is 4.88 Å². The van der Waals surface area contributed by atoms with E-state index in [0.717, 1.165) is 12.1 Å². The van der Waals surface area contributed by atoms with Crippen molar-refractivity contribution in [1.29, 1.82) is 0 Å². The van der Waals surface area contributed by atoms with E-state index in [1.165, 1.54) is 16.9 Å². The fourth-order valence-electron chi connectivity index (χ4n) is 2.77. The quantitative estimate of drug-likeness (QED) is 0.794. The fourth-order valence-corrected chi connectivity index (χ4v) is 3.69. The Bertz CT molecular complexity index is 863. The molecule has 5 nitrogen and oxygen atoms in total. The molecule has 1 fully saturated rings. The Morgan fingerprint density at radius 1 is 1.17 bits per heavy atom. The van der Waals surface area contributed by atoms with E-state index in [4.69, 9.17) is 0 Å².